The highest BCUT2D eigenvalue weighted by Gasteiger charge is 2.29. The van der Waals surface area contributed by atoms with Crippen LogP contribution in [0.2, 0.25) is 0 Å². The fourth-order valence-corrected chi connectivity index (χ4v) is 5.07. The van der Waals surface area contributed by atoms with Gasteiger partial charge in [0.2, 0.25) is 10.0 Å². The van der Waals surface area contributed by atoms with Crippen molar-refractivity contribution >= 4 is 32.8 Å². The van der Waals surface area contributed by atoms with Crippen LogP contribution in [0.1, 0.15) is 5.56 Å². The molecule has 7 nitrogen and oxygen atoms in total. The highest BCUT2D eigenvalue weighted by molar-refractivity contribution is 7.89. The second kappa shape index (κ2) is 9.52. The van der Waals surface area contributed by atoms with Crippen molar-refractivity contribution in [3.63, 3.8) is 0 Å². The van der Waals surface area contributed by atoms with Gasteiger partial charge in [-0.1, -0.05) is 36.4 Å². The first kappa shape index (κ1) is 22.0. The van der Waals surface area contributed by atoms with Crippen molar-refractivity contribution in [2.75, 3.05) is 33.4 Å². The lowest BCUT2D eigenvalue weighted by atomic mass is 10.1. The van der Waals surface area contributed by atoms with Gasteiger partial charge in [-0.15, -0.1) is 0 Å². The lowest BCUT2D eigenvalue weighted by Crippen LogP contribution is -2.40. The molecule has 0 atom stereocenters. The summed E-state index contributed by atoms with van der Waals surface area (Å²) in [7, 11) is -2.34. The van der Waals surface area contributed by atoms with Gasteiger partial charge in [0.1, 0.15) is 16.4 Å². The summed E-state index contributed by atoms with van der Waals surface area (Å²) in [5.74, 6) is 0.115. The molecule has 8 heteroatoms. The van der Waals surface area contributed by atoms with E-state index in [0.29, 0.717) is 24.5 Å². The van der Waals surface area contributed by atoms with Gasteiger partial charge >= 0.3 is 5.97 Å². The van der Waals surface area contributed by atoms with E-state index in [1.165, 1.54) is 29.6 Å². The van der Waals surface area contributed by atoms with Gasteiger partial charge in [-0.25, -0.2) is 13.2 Å². The molecular formula is C24H23NO6S. The monoisotopic (exact) mass is 453 g/mol. The van der Waals surface area contributed by atoms with E-state index in [4.69, 9.17) is 14.2 Å². The second-order valence-corrected chi connectivity index (χ2v) is 9.10. The smallest absolute Gasteiger partial charge is 0.336 e. The van der Waals surface area contributed by atoms with E-state index < -0.39 is 16.0 Å². The Hall–Kier alpha value is -3.20. The number of sulfonamides is 1. The standard InChI is InChI=1S/C24H23NO6S/c1-29-22-10-6-18(16-23(22)32(27,28)25-12-14-30-15-13-25)7-11-24(26)31-21-9-8-19-4-2-3-5-20(19)17-21/h2-11,16-17H,12-15H2,1H3/b11-7+. The van der Waals surface area contributed by atoms with Crippen molar-refractivity contribution in [3.05, 3.63) is 72.3 Å². The molecule has 0 saturated carbocycles. The molecule has 3 aromatic rings. The molecule has 0 unspecified atom stereocenters. The van der Waals surface area contributed by atoms with Crippen LogP contribution in [-0.4, -0.2) is 52.1 Å². The summed E-state index contributed by atoms with van der Waals surface area (Å²) >= 11 is 0. The second-order valence-electron chi connectivity index (χ2n) is 7.19. The summed E-state index contributed by atoms with van der Waals surface area (Å²) < 4.78 is 43.4. The number of nitrogens with zero attached hydrogens (tertiary/aromatic N) is 1. The molecule has 0 radical (unpaired) electrons. The largest absolute Gasteiger partial charge is 0.495 e. The molecule has 0 spiro atoms. The van der Waals surface area contributed by atoms with E-state index >= 15 is 0 Å². The minimum atomic E-state index is -3.76. The molecule has 1 heterocycles. The van der Waals surface area contributed by atoms with Crippen LogP contribution in [0, 0.1) is 0 Å². The molecule has 0 N–H and O–H groups in total. The zero-order valence-electron chi connectivity index (χ0n) is 17.6. The third-order valence-electron chi connectivity index (χ3n) is 5.13. The third kappa shape index (κ3) is 4.83. The van der Waals surface area contributed by atoms with E-state index in [1.807, 2.05) is 30.3 Å². The average molecular weight is 454 g/mol. The minimum absolute atomic E-state index is 0.0481. The van der Waals surface area contributed by atoms with Gasteiger partial charge < -0.3 is 14.2 Å². The fourth-order valence-electron chi connectivity index (χ4n) is 3.47. The van der Waals surface area contributed by atoms with Crippen molar-refractivity contribution in [2.45, 2.75) is 4.90 Å². The topological polar surface area (TPSA) is 82.1 Å². The number of methoxy groups -OCH3 is 1. The predicted octanol–water partition coefficient (Wildman–Crippen LogP) is 3.49. The van der Waals surface area contributed by atoms with Crippen LogP contribution in [0.25, 0.3) is 16.8 Å². The number of carbonyl (C=O) groups excluding carboxylic acids is 1. The normalized spacial score (nSPS) is 15.2. The SMILES string of the molecule is COc1ccc(/C=C/C(=O)Oc2ccc3ccccc3c2)cc1S(=O)(=O)N1CCOCC1. The number of hydrogen-bond acceptors (Lipinski definition) is 6. The Labute approximate surface area is 186 Å². The number of morpholine rings is 1. The summed E-state index contributed by atoms with van der Waals surface area (Å²) in [6, 6.07) is 17.9. The van der Waals surface area contributed by atoms with Crippen LogP contribution in [0.15, 0.2) is 71.6 Å². The Morgan fingerprint density at radius 2 is 1.75 bits per heavy atom. The van der Waals surface area contributed by atoms with Crippen molar-refractivity contribution < 1.29 is 27.4 Å². The molecule has 3 aromatic carbocycles. The summed E-state index contributed by atoms with van der Waals surface area (Å²) in [5, 5.41) is 2.02. The molecule has 0 aromatic heterocycles. The Balaban J connectivity index is 1.53. The molecule has 1 aliphatic rings. The number of fused-ring (bicyclic) bond motifs is 1. The van der Waals surface area contributed by atoms with Crippen LogP contribution in [-0.2, 0) is 19.6 Å². The lowest BCUT2D eigenvalue weighted by Gasteiger charge is -2.26. The summed E-state index contributed by atoms with van der Waals surface area (Å²) in [4.78, 5) is 12.3. The lowest BCUT2D eigenvalue weighted by molar-refractivity contribution is -0.128. The first-order chi connectivity index (χ1) is 15.5. The van der Waals surface area contributed by atoms with E-state index in [2.05, 4.69) is 0 Å². The summed E-state index contributed by atoms with van der Waals surface area (Å²) in [6.45, 7) is 1.26. The van der Waals surface area contributed by atoms with Gasteiger partial charge in [0.15, 0.2) is 0 Å². The van der Waals surface area contributed by atoms with E-state index in [9.17, 15) is 13.2 Å². The molecule has 166 valence electrons. The number of esters is 1. The number of ether oxygens (including phenoxy) is 3. The van der Waals surface area contributed by atoms with Crippen molar-refractivity contribution in [1.29, 1.82) is 0 Å². The quantitative estimate of drug-likeness (QED) is 0.323. The maximum Gasteiger partial charge on any atom is 0.336 e. The molecule has 1 fully saturated rings. The zero-order chi connectivity index (χ0) is 22.6. The van der Waals surface area contributed by atoms with Crippen molar-refractivity contribution in [3.8, 4) is 11.5 Å². The third-order valence-corrected chi connectivity index (χ3v) is 7.05. The summed E-state index contributed by atoms with van der Waals surface area (Å²) in [6.07, 6.45) is 2.78. The molecule has 0 amide bonds. The van der Waals surface area contributed by atoms with Gasteiger partial charge in [-0.05, 0) is 46.7 Å². The highest BCUT2D eigenvalue weighted by atomic mass is 32.2. The number of hydrogen-bond donors (Lipinski definition) is 0. The Morgan fingerprint density at radius 1 is 1.00 bits per heavy atom. The summed E-state index contributed by atoms with van der Waals surface area (Å²) in [5.41, 5.74) is 0.535. The van der Waals surface area contributed by atoms with Crippen LogP contribution >= 0.6 is 0 Å². The maximum atomic E-state index is 13.1. The minimum Gasteiger partial charge on any atom is -0.495 e. The zero-order valence-corrected chi connectivity index (χ0v) is 18.4. The number of rotatable bonds is 6. The molecule has 0 bridgehead atoms. The first-order valence-corrected chi connectivity index (χ1v) is 11.6. The van der Waals surface area contributed by atoms with Gasteiger partial charge in [0.05, 0.1) is 20.3 Å². The van der Waals surface area contributed by atoms with E-state index in [0.717, 1.165) is 10.8 Å². The molecular weight excluding hydrogens is 430 g/mol. The van der Waals surface area contributed by atoms with Crippen LogP contribution in [0.5, 0.6) is 11.5 Å². The van der Waals surface area contributed by atoms with Gasteiger partial charge in [0.25, 0.3) is 0 Å². The van der Waals surface area contributed by atoms with Crippen molar-refractivity contribution in [2.24, 2.45) is 0 Å². The highest BCUT2D eigenvalue weighted by Crippen LogP contribution is 2.29. The van der Waals surface area contributed by atoms with Crippen LogP contribution in [0.3, 0.4) is 0 Å². The fraction of sp³-hybridized carbons (Fsp3) is 0.208. The van der Waals surface area contributed by atoms with Gasteiger partial charge in [0, 0.05) is 19.2 Å². The molecule has 32 heavy (non-hydrogen) atoms. The van der Waals surface area contributed by atoms with Crippen molar-refractivity contribution in [1.82, 2.24) is 4.31 Å². The molecule has 0 aliphatic carbocycles. The van der Waals surface area contributed by atoms with Crippen LogP contribution < -0.4 is 9.47 Å². The Bertz CT molecular complexity index is 1260. The van der Waals surface area contributed by atoms with E-state index in [1.54, 1.807) is 24.3 Å². The Morgan fingerprint density at radius 3 is 2.50 bits per heavy atom. The number of carbonyl (C=O) groups is 1. The van der Waals surface area contributed by atoms with Gasteiger partial charge in [-0.3, -0.25) is 0 Å². The number of benzene rings is 3. The maximum absolute atomic E-state index is 13.1. The van der Waals surface area contributed by atoms with Crippen LogP contribution in [0.4, 0.5) is 0 Å². The first-order valence-electron chi connectivity index (χ1n) is 10.1. The van der Waals surface area contributed by atoms with Gasteiger partial charge in [-0.2, -0.15) is 4.31 Å². The average Bonchev–Trinajstić information content (AvgIpc) is 2.83. The molecule has 1 aliphatic heterocycles. The Kier molecular flexibility index (Phi) is 6.55. The molecule has 1 saturated heterocycles. The molecule has 4 rings (SSSR count). The van der Waals surface area contributed by atoms with E-state index in [-0.39, 0.29) is 23.7 Å². The predicted molar refractivity (Wildman–Crippen MR) is 121 cm³/mol.